The first kappa shape index (κ1) is 25.1. The minimum absolute atomic E-state index is 0.121. The highest BCUT2D eigenvalue weighted by atomic mass is 35.5. The molecule has 1 unspecified atom stereocenters. The zero-order valence-electron chi connectivity index (χ0n) is 19.2. The van der Waals surface area contributed by atoms with Gasteiger partial charge in [0.15, 0.2) is 4.80 Å². The first-order valence-electron chi connectivity index (χ1n) is 11.3. The molecule has 7 nitrogen and oxygen atoms in total. The summed E-state index contributed by atoms with van der Waals surface area (Å²) in [5.74, 6) is -0.771. The fourth-order valence-electron chi connectivity index (χ4n) is 4.09. The summed E-state index contributed by atoms with van der Waals surface area (Å²) in [7, 11) is -3.70. The molecule has 0 aliphatic carbocycles. The third-order valence-electron chi connectivity index (χ3n) is 5.89. The molecule has 1 atom stereocenters. The second-order valence-corrected chi connectivity index (χ2v) is 11.7. The predicted molar refractivity (Wildman–Crippen MR) is 135 cm³/mol. The largest absolute Gasteiger partial charge is 0.380 e. The van der Waals surface area contributed by atoms with Crippen LogP contribution in [0.2, 0.25) is 5.02 Å². The molecule has 1 fully saturated rings. The number of piperidine rings is 1. The van der Waals surface area contributed by atoms with Crippen LogP contribution in [-0.2, 0) is 26.1 Å². The van der Waals surface area contributed by atoms with Crippen molar-refractivity contribution in [2.24, 2.45) is 10.9 Å². The highest BCUT2D eigenvalue weighted by molar-refractivity contribution is 7.89. The van der Waals surface area contributed by atoms with Crippen LogP contribution in [0.1, 0.15) is 25.3 Å². The number of amides is 1. The zero-order chi connectivity index (χ0) is 24.3. The second kappa shape index (κ2) is 10.7. The standard InChI is InChI=1S/C24H28ClN3O4S2/c1-3-32-14-13-28-21-11-6-17(2)15-22(21)33-24(28)26-23(29)18-5-4-12-27(16-18)34(30,31)20-9-7-19(25)8-10-20/h6-11,15,18H,3-5,12-14,16H2,1-2H3. The van der Waals surface area contributed by atoms with Crippen LogP contribution in [0, 0.1) is 12.8 Å². The topological polar surface area (TPSA) is 81.0 Å². The van der Waals surface area contributed by atoms with Crippen LogP contribution in [0.4, 0.5) is 0 Å². The summed E-state index contributed by atoms with van der Waals surface area (Å²) in [6.45, 7) is 6.21. The van der Waals surface area contributed by atoms with E-state index in [0.717, 1.165) is 15.8 Å². The van der Waals surface area contributed by atoms with E-state index in [-0.39, 0.29) is 17.3 Å². The van der Waals surface area contributed by atoms with Gasteiger partial charge in [0.25, 0.3) is 5.91 Å². The van der Waals surface area contributed by atoms with Crippen molar-refractivity contribution in [3.8, 4) is 0 Å². The number of thiazole rings is 1. The van der Waals surface area contributed by atoms with Gasteiger partial charge in [-0.3, -0.25) is 4.79 Å². The van der Waals surface area contributed by atoms with Crippen molar-refractivity contribution in [2.45, 2.75) is 38.1 Å². The molecule has 0 bridgehead atoms. The van der Waals surface area contributed by atoms with Crippen molar-refractivity contribution in [3.05, 3.63) is 57.9 Å². The number of fused-ring (bicyclic) bond motifs is 1. The number of hydrogen-bond donors (Lipinski definition) is 0. The smallest absolute Gasteiger partial charge is 0.252 e. The van der Waals surface area contributed by atoms with E-state index in [1.165, 1.54) is 27.8 Å². The number of carbonyl (C=O) groups is 1. The molecule has 0 saturated carbocycles. The van der Waals surface area contributed by atoms with Crippen molar-refractivity contribution in [1.29, 1.82) is 0 Å². The summed E-state index contributed by atoms with van der Waals surface area (Å²) in [6.07, 6.45) is 1.21. The van der Waals surface area contributed by atoms with Crippen LogP contribution in [0.25, 0.3) is 10.2 Å². The quantitative estimate of drug-likeness (QED) is 0.436. The number of benzene rings is 2. The van der Waals surface area contributed by atoms with Crippen LogP contribution in [0.5, 0.6) is 0 Å². The third-order valence-corrected chi connectivity index (χ3v) is 9.06. The van der Waals surface area contributed by atoms with Gasteiger partial charge in [-0.1, -0.05) is 29.0 Å². The van der Waals surface area contributed by atoms with Gasteiger partial charge in [0.05, 0.1) is 27.6 Å². The van der Waals surface area contributed by atoms with Gasteiger partial charge in [0, 0.05) is 31.3 Å². The van der Waals surface area contributed by atoms with Gasteiger partial charge in [-0.25, -0.2) is 8.42 Å². The third kappa shape index (κ3) is 5.44. The number of aromatic nitrogens is 1. The SMILES string of the molecule is CCOCCn1c(=NC(=O)C2CCCN(S(=O)(=O)c3ccc(Cl)cc3)C2)sc2cc(C)ccc21. The van der Waals surface area contributed by atoms with E-state index >= 15 is 0 Å². The number of nitrogens with zero attached hydrogens (tertiary/aromatic N) is 3. The fraction of sp³-hybridized carbons (Fsp3) is 0.417. The second-order valence-electron chi connectivity index (χ2n) is 8.31. The van der Waals surface area contributed by atoms with Crippen LogP contribution >= 0.6 is 22.9 Å². The van der Waals surface area contributed by atoms with E-state index in [9.17, 15) is 13.2 Å². The highest BCUT2D eigenvalue weighted by Crippen LogP contribution is 2.26. The maximum Gasteiger partial charge on any atom is 0.252 e. The van der Waals surface area contributed by atoms with Gasteiger partial charge in [0.1, 0.15) is 0 Å². The van der Waals surface area contributed by atoms with E-state index in [2.05, 4.69) is 11.1 Å². The van der Waals surface area contributed by atoms with Crippen molar-refractivity contribution in [2.75, 3.05) is 26.3 Å². The molecule has 1 aliphatic rings. The Balaban J connectivity index is 1.61. The van der Waals surface area contributed by atoms with Crippen LogP contribution < -0.4 is 4.80 Å². The lowest BCUT2D eigenvalue weighted by Gasteiger charge is -2.30. The number of aryl methyl sites for hydroxylation is 1. The van der Waals surface area contributed by atoms with E-state index in [0.29, 0.717) is 49.0 Å². The first-order chi connectivity index (χ1) is 16.3. The lowest BCUT2D eigenvalue weighted by molar-refractivity contribution is -0.122. The molecule has 1 saturated heterocycles. The van der Waals surface area contributed by atoms with E-state index < -0.39 is 15.9 Å². The molecule has 2 heterocycles. The lowest BCUT2D eigenvalue weighted by atomic mass is 9.99. The van der Waals surface area contributed by atoms with Crippen molar-refractivity contribution in [3.63, 3.8) is 0 Å². The number of ether oxygens (including phenoxy) is 1. The van der Waals surface area contributed by atoms with Gasteiger partial charge in [-0.05, 0) is 68.7 Å². The van der Waals surface area contributed by atoms with Crippen molar-refractivity contribution >= 4 is 49.1 Å². The van der Waals surface area contributed by atoms with E-state index in [1.54, 1.807) is 12.1 Å². The average Bonchev–Trinajstić information content (AvgIpc) is 3.15. The molecular weight excluding hydrogens is 494 g/mol. The minimum atomic E-state index is -3.70. The molecule has 182 valence electrons. The summed E-state index contributed by atoms with van der Waals surface area (Å²) >= 11 is 7.37. The number of halogens is 1. The van der Waals surface area contributed by atoms with Crippen LogP contribution in [-0.4, -0.2) is 49.5 Å². The summed E-state index contributed by atoms with van der Waals surface area (Å²) in [5, 5.41) is 0.473. The number of rotatable bonds is 7. The Morgan fingerprint density at radius 3 is 2.74 bits per heavy atom. The summed E-state index contributed by atoms with van der Waals surface area (Å²) < 4.78 is 36.2. The van der Waals surface area contributed by atoms with Gasteiger partial charge < -0.3 is 9.30 Å². The molecule has 10 heteroatoms. The Kier molecular flexibility index (Phi) is 7.89. The van der Waals surface area contributed by atoms with Crippen LogP contribution in [0.3, 0.4) is 0 Å². The highest BCUT2D eigenvalue weighted by Gasteiger charge is 2.33. The number of sulfonamides is 1. The Morgan fingerprint density at radius 1 is 1.24 bits per heavy atom. The molecule has 1 aliphatic heterocycles. The Bertz CT molecular complexity index is 1350. The molecule has 3 aromatic rings. The Hall–Kier alpha value is -2.04. The molecule has 1 aromatic heterocycles. The Labute approximate surface area is 208 Å². The van der Waals surface area contributed by atoms with Gasteiger partial charge >= 0.3 is 0 Å². The van der Waals surface area contributed by atoms with E-state index in [1.807, 2.05) is 30.5 Å². The maximum atomic E-state index is 13.2. The zero-order valence-corrected chi connectivity index (χ0v) is 21.6. The predicted octanol–water partition coefficient (Wildman–Crippen LogP) is 4.23. The summed E-state index contributed by atoms with van der Waals surface area (Å²) in [6, 6.07) is 12.3. The normalized spacial score (nSPS) is 18.0. The number of hydrogen-bond acceptors (Lipinski definition) is 5. The first-order valence-corrected chi connectivity index (χ1v) is 13.9. The Morgan fingerprint density at radius 2 is 2.00 bits per heavy atom. The molecule has 1 amide bonds. The van der Waals surface area contributed by atoms with Gasteiger partial charge in [-0.2, -0.15) is 9.30 Å². The molecule has 0 N–H and O–H groups in total. The lowest BCUT2D eigenvalue weighted by Crippen LogP contribution is -2.42. The van der Waals surface area contributed by atoms with Crippen molar-refractivity contribution in [1.82, 2.24) is 8.87 Å². The average molecular weight is 522 g/mol. The fourth-order valence-corrected chi connectivity index (χ4v) is 6.90. The summed E-state index contributed by atoms with van der Waals surface area (Å²) in [4.78, 5) is 18.5. The van der Waals surface area contributed by atoms with E-state index in [4.69, 9.17) is 16.3 Å². The molecular formula is C24H28ClN3O4S2. The molecule has 4 rings (SSSR count). The van der Waals surface area contributed by atoms with Crippen molar-refractivity contribution < 1.29 is 17.9 Å². The molecule has 34 heavy (non-hydrogen) atoms. The van der Waals surface area contributed by atoms with Gasteiger partial charge in [0.2, 0.25) is 10.0 Å². The summed E-state index contributed by atoms with van der Waals surface area (Å²) in [5.41, 5.74) is 2.15. The molecule has 0 radical (unpaired) electrons. The maximum absolute atomic E-state index is 13.2. The molecule has 0 spiro atoms. The monoisotopic (exact) mass is 521 g/mol. The van der Waals surface area contributed by atoms with Crippen LogP contribution in [0.15, 0.2) is 52.4 Å². The molecule has 2 aromatic carbocycles. The minimum Gasteiger partial charge on any atom is -0.380 e. The van der Waals surface area contributed by atoms with Gasteiger partial charge in [-0.15, -0.1) is 0 Å². The number of carbonyl (C=O) groups excluding carboxylic acids is 1.